The molecular formula is C23H26N4O4. The van der Waals surface area contributed by atoms with E-state index < -0.39 is 12.1 Å². The van der Waals surface area contributed by atoms with Gasteiger partial charge in [0.25, 0.3) is 5.91 Å². The molecule has 2 aliphatic heterocycles. The molecule has 4 rings (SSSR count). The monoisotopic (exact) mass is 422 g/mol. The van der Waals surface area contributed by atoms with Crippen molar-refractivity contribution in [3.8, 4) is 11.1 Å². The van der Waals surface area contributed by atoms with E-state index in [1.165, 1.54) is 7.11 Å². The topological polar surface area (TPSA) is 95.3 Å². The fourth-order valence-electron chi connectivity index (χ4n) is 4.20. The second kappa shape index (κ2) is 9.26. The van der Waals surface area contributed by atoms with Gasteiger partial charge < -0.3 is 19.7 Å². The summed E-state index contributed by atoms with van der Waals surface area (Å²) in [6, 6.07) is 10.5. The first-order valence-corrected chi connectivity index (χ1v) is 10.4. The van der Waals surface area contributed by atoms with Crippen LogP contribution in [0.5, 0.6) is 0 Å². The third-order valence-corrected chi connectivity index (χ3v) is 5.76. The number of aliphatic hydroxyl groups excluding tert-OH is 1. The minimum absolute atomic E-state index is 0.152. The standard InChI is InChI=1S/C23H26N4O4/c1-31-25-19-12-21(23(30)26-11-3-5-20(28)15-26)27(14-19)22(29)17-8-6-16(7-9-17)18-4-2-10-24-13-18/h2,4,6-10,13,20-21,28H,3,5,11-12,14-15H2,1H3. The van der Waals surface area contributed by atoms with Crippen LogP contribution in [0.15, 0.2) is 53.9 Å². The van der Waals surface area contributed by atoms with Crippen molar-refractivity contribution in [3.63, 3.8) is 0 Å². The minimum atomic E-state index is -0.648. The highest BCUT2D eigenvalue weighted by Crippen LogP contribution is 2.24. The van der Waals surface area contributed by atoms with E-state index in [0.717, 1.165) is 17.5 Å². The number of oxime groups is 1. The highest BCUT2D eigenvalue weighted by molar-refractivity contribution is 6.05. The van der Waals surface area contributed by atoms with Crippen LogP contribution in [0.1, 0.15) is 29.6 Å². The summed E-state index contributed by atoms with van der Waals surface area (Å²) in [4.78, 5) is 38.7. The summed E-state index contributed by atoms with van der Waals surface area (Å²) in [7, 11) is 1.45. The van der Waals surface area contributed by atoms with Gasteiger partial charge in [-0.1, -0.05) is 23.4 Å². The molecule has 3 heterocycles. The molecule has 2 aliphatic rings. The van der Waals surface area contributed by atoms with Crippen LogP contribution in [-0.2, 0) is 9.63 Å². The summed E-state index contributed by atoms with van der Waals surface area (Å²) >= 11 is 0. The third-order valence-electron chi connectivity index (χ3n) is 5.76. The van der Waals surface area contributed by atoms with Crippen molar-refractivity contribution in [2.45, 2.75) is 31.4 Å². The predicted octanol–water partition coefficient (Wildman–Crippen LogP) is 1.95. The van der Waals surface area contributed by atoms with E-state index in [4.69, 9.17) is 4.84 Å². The second-order valence-corrected chi connectivity index (χ2v) is 7.89. The van der Waals surface area contributed by atoms with Crippen molar-refractivity contribution in [1.82, 2.24) is 14.8 Å². The maximum absolute atomic E-state index is 13.3. The molecule has 2 aromatic rings. The molecule has 2 atom stereocenters. The van der Waals surface area contributed by atoms with E-state index in [1.54, 1.807) is 34.3 Å². The molecule has 1 N–H and O–H groups in total. The Kier molecular flexibility index (Phi) is 6.27. The Morgan fingerprint density at radius 2 is 2.00 bits per heavy atom. The van der Waals surface area contributed by atoms with Gasteiger partial charge in [0.05, 0.1) is 18.4 Å². The van der Waals surface area contributed by atoms with Crippen LogP contribution in [0, 0.1) is 0 Å². The summed E-state index contributed by atoms with van der Waals surface area (Å²) < 4.78 is 0. The lowest BCUT2D eigenvalue weighted by molar-refractivity contribution is -0.138. The summed E-state index contributed by atoms with van der Waals surface area (Å²) in [6.07, 6.45) is 4.74. The van der Waals surface area contributed by atoms with Crippen molar-refractivity contribution in [1.29, 1.82) is 0 Å². The zero-order valence-electron chi connectivity index (χ0n) is 17.5. The highest BCUT2D eigenvalue weighted by Gasteiger charge is 2.41. The van der Waals surface area contributed by atoms with Crippen LogP contribution in [0.2, 0.25) is 0 Å². The van der Waals surface area contributed by atoms with Gasteiger partial charge >= 0.3 is 0 Å². The fraction of sp³-hybridized carbons (Fsp3) is 0.391. The Bertz CT molecular complexity index is 961. The van der Waals surface area contributed by atoms with E-state index in [1.807, 2.05) is 24.3 Å². The lowest BCUT2D eigenvalue weighted by Gasteiger charge is -2.34. The van der Waals surface area contributed by atoms with Crippen LogP contribution >= 0.6 is 0 Å². The number of likely N-dealkylation sites (tertiary alicyclic amines) is 2. The SMILES string of the molecule is CON=C1CC(C(=O)N2CCCC(O)C2)N(C(=O)c2ccc(-c3cccnc3)cc2)C1. The molecule has 8 nitrogen and oxygen atoms in total. The number of benzene rings is 1. The van der Waals surface area contributed by atoms with Crippen LogP contribution in [-0.4, -0.2) is 76.3 Å². The Morgan fingerprint density at radius 1 is 1.19 bits per heavy atom. The molecule has 1 aromatic carbocycles. The molecule has 0 aliphatic carbocycles. The Hall–Kier alpha value is -3.26. The number of carbonyl (C=O) groups is 2. The van der Waals surface area contributed by atoms with E-state index in [0.29, 0.717) is 37.2 Å². The number of aromatic nitrogens is 1. The van der Waals surface area contributed by atoms with Gasteiger partial charge in [-0.15, -0.1) is 0 Å². The number of hydrogen-bond donors (Lipinski definition) is 1. The van der Waals surface area contributed by atoms with Gasteiger partial charge in [-0.05, 0) is 42.2 Å². The van der Waals surface area contributed by atoms with Crippen molar-refractivity contribution < 1.29 is 19.5 Å². The molecule has 2 fully saturated rings. The average molecular weight is 422 g/mol. The molecule has 162 valence electrons. The molecule has 0 saturated carbocycles. The van der Waals surface area contributed by atoms with E-state index in [2.05, 4.69) is 10.1 Å². The second-order valence-electron chi connectivity index (χ2n) is 7.89. The first-order valence-electron chi connectivity index (χ1n) is 10.4. The summed E-state index contributed by atoms with van der Waals surface area (Å²) in [5, 5.41) is 14.0. The first kappa shape index (κ1) is 21.0. The molecule has 2 amide bonds. The maximum atomic E-state index is 13.3. The van der Waals surface area contributed by atoms with Crippen molar-refractivity contribution in [2.24, 2.45) is 5.16 Å². The van der Waals surface area contributed by atoms with E-state index >= 15 is 0 Å². The number of nitrogens with zero attached hydrogens (tertiary/aromatic N) is 4. The maximum Gasteiger partial charge on any atom is 0.254 e. The van der Waals surface area contributed by atoms with Crippen LogP contribution in [0.4, 0.5) is 0 Å². The van der Waals surface area contributed by atoms with Gasteiger partial charge in [-0.2, -0.15) is 0 Å². The van der Waals surface area contributed by atoms with E-state index in [9.17, 15) is 14.7 Å². The number of hydrogen-bond acceptors (Lipinski definition) is 6. The van der Waals surface area contributed by atoms with Crippen molar-refractivity contribution in [2.75, 3.05) is 26.7 Å². The van der Waals surface area contributed by atoms with Crippen LogP contribution < -0.4 is 0 Å². The molecule has 0 radical (unpaired) electrons. The van der Waals surface area contributed by atoms with Crippen LogP contribution in [0.3, 0.4) is 0 Å². The van der Waals surface area contributed by atoms with Gasteiger partial charge in [-0.3, -0.25) is 14.6 Å². The zero-order chi connectivity index (χ0) is 21.8. The zero-order valence-corrected chi connectivity index (χ0v) is 17.5. The first-order chi connectivity index (χ1) is 15.1. The molecule has 8 heteroatoms. The third kappa shape index (κ3) is 4.59. The number of rotatable bonds is 4. The number of piperidine rings is 1. The number of carbonyl (C=O) groups excluding carboxylic acids is 2. The van der Waals surface area contributed by atoms with Gasteiger partial charge in [0.1, 0.15) is 13.2 Å². The normalized spacial score (nSPS) is 22.6. The summed E-state index contributed by atoms with van der Waals surface area (Å²) in [6.45, 7) is 1.13. The minimum Gasteiger partial charge on any atom is -0.399 e. The quantitative estimate of drug-likeness (QED) is 0.760. The Balaban J connectivity index is 1.55. The fourth-order valence-corrected chi connectivity index (χ4v) is 4.20. The summed E-state index contributed by atoms with van der Waals surface area (Å²) in [5.74, 6) is -0.379. The molecule has 0 spiro atoms. The van der Waals surface area contributed by atoms with Gasteiger partial charge in [-0.25, -0.2) is 0 Å². The molecular weight excluding hydrogens is 396 g/mol. The number of pyridine rings is 1. The van der Waals surface area contributed by atoms with Gasteiger partial charge in [0.2, 0.25) is 5.91 Å². The van der Waals surface area contributed by atoms with Crippen molar-refractivity contribution in [3.05, 3.63) is 54.4 Å². The molecule has 1 aromatic heterocycles. The van der Waals surface area contributed by atoms with E-state index in [-0.39, 0.29) is 18.4 Å². The highest BCUT2D eigenvalue weighted by atomic mass is 16.6. The van der Waals surface area contributed by atoms with Gasteiger partial charge in [0, 0.05) is 37.5 Å². The Morgan fingerprint density at radius 3 is 2.68 bits per heavy atom. The predicted molar refractivity (Wildman–Crippen MR) is 115 cm³/mol. The van der Waals surface area contributed by atoms with Gasteiger partial charge in [0.15, 0.2) is 0 Å². The van der Waals surface area contributed by atoms with Crippen molar-refractivity contribution >= 4 is 17.5 Å². The number of amides is 2. The largest absolute Gasteiger partial charge is 0.399 e. The smallest absolute Gasteiger partial charge is 0.254 e. The number of aliphatic hydroxyl groups is 1. The Labute approximate surface area is 181 Å². The van der Waals surface area contributed by atoms with Crippen LogP contribution in [0.25, 0.3) is 11.1 Å². The average Bonchev–Trinajstić information content (AvgIpc) is 3.23. The summed E-state index contributed by atoms with van der Waals surface area (Å²) in [5.41, 5.74) is 3.08. The molecule has 31 heavy (non-hydrogen) atoms. The lowest BCUT2D eigenvalue weighted by atomic mass is 10.0. The lowest BCUT2D eigenvalue weighted by Crippen LogP contribution is -2.51. The molecule has 2 unspecified atom stereocenters. The number of β-amino-alcohol motifs (C(OH)–C–C–N with tert-alkyl or cyclic N) is 1. The molecule has 2 saturated heterocycles. The molecule has 0 bridgehead atoms.